The molecular formula is C23H22ClN3O6. The monoisotopic (exact) mass is 471 g/mol. The van der Waals surface area contributed by atoms with Gasteiger partial charge in [-0.2, -0.15) is 0 Å². The zero-order valence-electron chi connectivity index (χ0n) is 18.2. The van der Waals surface area contributed by atoms with Crippen LogP contribution < -0.4 is 9.64 Å². The highest BCUT2D eigenvalue weighted by atomic mass is 35.5. The molecule has 0 saturated carbocycles. The molecule has 10 heteroatoms. The number of ether oxygens (including phenoxy) is 2. The molecule has 0 unspecified atom stereocenters. The van der Waals surface area contributed by atoms with Crippen molar-refractivity contribution in [3.05, 3.63) is 93.1 Å². The number of nitrogens with zero attached hydrogens (tertiary/aromatic N) is 3. The number of methoxy groups -OCH3 is 1. The molecule has 9 nitrogen and oxygen atoms in total. The van der Waals surface area contributed by atoms with Gasteiger partial charge in [0.1, 0.15) is 11.6 Å². The first-order chi connectivity index (χ1) is 15.9. The van der Waals surface area contributed by atoms with Crippen molar-refractivity contribution in [2.75, 3.05) is 12.0 Å². The standard InChI is InChI=1S/C21H16ClN3O6.C2H6/c1-30-20(26)15-4-2-14(3-5-15)13-24(19-11-6-16(22)12-23-19)21(27)31-18-9-7-17(8-10-18)25(28)29;1-2/h2-12H,13H2,1H3;1-2H3. The SMILES string of the molecule is CC.COC(=O)c1ccc(CN(C(=O)Oc2ccc([N+](=O)[O-])cc2)c2ccc(Cl)cn2)cc1. The normalized spacial score (nSPS) is 9.82. The Morgan fingerprint density at radius 3 is 2.18 bits per heavy atom. The Morgan fingerprint density at radius 2 is 1.67 bits per heavy atom. The second-order valence-corrected chi connectivity index (χ2v) is 6.66. The van der Waals surface area contributed by atoms with E-state index in [1.54, 1.807) is 36.4 Å². The molecule has 0 spiro atoms. The summed E-state index contributed by atoms with van der Waals surface area (Å²) in [5.74, 6) is -0.0516. The van der Waals surface area contributed by atoms with Gasteiger partial charge in [-0.1, -0.05) is 37.6 Å². The number of nitro groups is 1. The third-order valence-electron chi connectivity index (χ3n) is 4.18. The molecule has 0 N–H and O–H groups in total. The number of pyridine rings is 1. The number of amides is 1. The molecule has 0 radical (unpaired) electrons. The Balaban J connectivity index is 0.00000187. The average molecular weight is 472 g/mol. The zero-order valence-corrected chi connectivity index (χ0v) is 19.0. The van der Waals surface area contributed by atoms with Gasteiger partial charge in [-0.05, 0) is 42.0 Å². The number of non-ortho nitro benzene ring substituents is 1. The van der Waals surface area contributed by atoms with Gasteiger partial charge >= 0.3 is 12.1 Å². The first-order valence-electron chi connectivity index (χ1n) is 9.90. The van der Waals surface area contributed by atoms with Crippen molar-refractivity contribution in [1.82, 2.24) is 4.98 Å². The Hall–Kier alpha value is -3.98. The maximum Gasteiger partial charge on any atom is 0.421 e. The number of nitro benzene ring substituents is 1. The summed E-state index contributed by atoms with van der Waals surface area (Å²) >= 11 is 5.89. The molecular weight excluding hydrogens is 450 g/mol. The van der Waals surface area contributed by atoms with E-state index in [0.717, 1.165) is 0 Å². The number of anilines is 1. The third kappa shape index (κ3) is 7.01. The lowest BCUT2D eigenvalue weighted by Gasteiger charge is -2.21. The van der Waals surface area contributed by atoms with Crippen molar-refractivity contribution in [3.8, 4) is 5.75 Å². The molecule has 1 amide bonds. The third-order valence-corrected chi connectivity index (χ3v) is 4.40. The fraction of sp³-hybridized carbons (Fsp3) is 0.174. The maximum absolute atomic E-state index is 12.9. The number of halogens is 1. The van der Waals surface area contributed by atoms with Crippen LogP contribution in [-0.2, 0) is 11.3 Å². The minimum absolute atomic E-state index is 0.0852. The Labute approximate surface area is 195 Å². The van der Waals surface area contributed by atoms with Crippen LogP contribution in [0.3, 0.4) is 0 Å². The van der Waals surface area contributed by atoms with E-state index >= 15 is 0 Å². The van der Waals surface area contributed by atoms with Gasteiger partial charge in [-0.25, -0.2) is 14.6 Å². The molecule has 172 valence electrons. The average Bonchev–Trinajstić information content (AvgIpc) is 2.84. The highest BCUT2D eigenvalue weighted by Crippen LogP contribution is 2.22. The summed E-state index contributed by atoms with van der Waals surface area (Å²) in [6, 6.07) is 14.8. The number of carbonyl (C=O) groups is 2. The fourth-order valence-corrected chi connectivity index (χ4v) is 2.72. The van der Waals surface area contributed by atoms with E-state index in [1.807, 2.05) is 13.8 Å². The van der Waals surface area contributed by atoms with Crippen molar-refractivity contribution < 1.29 is 24.0 Å². The number of benzene rings is 2. The molecule has 0 aliphatic rings. The molecule has 0 aliphatic heterocycles. The first-order valence-corrected chi connectivity index (χ1v) is 10.3. The van der Waals surface area contributed by atoms with Gasteiger partial charge in [0.05, 0.1) is 29.2 Å². The molecule has 0 fully saturated rings. The van der Waals surface area contributed by atoms with Gasteiger partial charge in [0.25, 0.3) is 5.69 Å². The lowest BCUT2D eigenvalue weighted by molar-refractivity contribution is -0.384. The lowest BCUT2D eigenvalue weighted by atomic mass is 10.1. The topological polar surface area (TPSA) is 112 Å². The molecule has 33 heavy (non-hydrogen) atoms. The number of rotatable bonds is 6. The van der Waals surface area contributed by atoms with Crippen LogP contribution in [0.4, 0.5) is 16.3 Å². The summed E-state index contributed by atoms with van der Waals surface area (Å²) < 4.78 is 10.0. The molecule has 0 atom stereocenters. The molecule has 0 bridgehead atoms. The van der Waals surface area contributed by atoms with Crippen molar-refractivity contribution >= 4 is 35.2 Å². The van der Waals surface area contributed by atoms with Crippen molar-refractivity contribution in [3.63, 3.8) is 0 Å². The lowest BCUT2D eigenvalue weighted by Crippen LogP contribution is -2.33. The van der Waals surface area contributed by atoms with E-state index in [2.05, 4.69) is 9.72 Å². The van der Waals surface area contributed by atoms with E-state index in [0.29, 0.717) is 16.1 Å². The fourth-order valence-electron chi connectivity index (χ4n) is 2.61. The molecule has 0 aliphatic carbocycles. The zero-order chi connectivity index (χ0) is 24.4. The van der Waals surface area contributed by atoms with Gasteiger partial charge in [0.2, 0.25) is 0 Å². The summed E-state index contributed by atoms with van der Waals surface area (Å²) in [5, 5.41) is 11.2. The first kappa shape index (κ1) is 25.3. The summed E-state index contributed by atoms with van der Waals surface area (Å²) in [6.07, 6.45) is 0.643. The van der Waals surface area contributed by atoms with Crippen LogP contribution in [0.5, 0.6) is 5.75 Å². The smallest absolute Gasteiger partial charge is 0.421 e. The summed E-state index contributed by atoms with van der Waals surface area (Å²) in [7, 11) is 1.29. The van der Waals surface area contributed by atoms with Crippen molar-refractivity contribution in [2.45, 2.75) is 20.4 Å². The van der Waals surface area contributed by atoms with Gasteiger partial charge in [-0.3, -0.25) is 15.0 Å². The summed E-state index contributed by atoms with van der Waals surface area (Å²) in [6.45, 7) is 4.09. The number of esters is 1. The molecule has 1 aromatic heterocycles. The van der Waals surface area contributed by atoms with Gasteiger partial charge in [0, 0.05) is 18.3 Å². The van der Waals surface area contributed by atoms with Gasteiger partial charge < -0.3 is 9.47 Å². The number of aromatic nitrogens is 1. The van der Waals surface area contributed by atoms with E-state index in [9.17, 15) is 19.7 Å². The molecule has 1 heterocycles. The number of hydrogen-bond acceptors (Lipinski definition) is 7. The van der Waals surface area contributed by atoms with E-state index in [4.69, 9.17) is 16.3 Å². The molecule has 0 saturated heterocycles. The second-order valence-electron chi connectivity index (χ2n) is 6.23. The number of hydrogen-bond donors (Lipinski definition) is 0. The van der Waals surface area contributed by atoms with E-state index < -0.39 is 17.0 Å². The number of carbonyl (C=O) groups excluding carboxylic acids is 2. The maximum atomic E-state index is 12.9. The van der Waals surface area contributed by atoms with Gasteiger partial charge in [0.15, 0.2) is 0 Å². The highest BCUT2D eigenvalue weighted by molar-refractivity contribution is 6.30. The summed E-state index contributed by atoms with van der Waals surface area (Å²) in [4.78, 5) is 40.1. The predicted octanol–water partition coefficient (Wildman–Crippen LogP) is 5.66. The predicted molar refractivity (Wildman–Crippen MR) is 124 cm³/mol. The Kier molecular flexibility index (Phi) is 9.31. The van der Waals surface area contributed by atoms with Crippen LogP contribution in [-0.4, -0.2) is 29.1 Å². The quantitative estimate of drug-likeness (QED) is 0.259. The van der Waals surface area contributed by atoms with Crippen LogP contribution in [0.1, 0.15) is 29.8 Å². The van der Waals surface area contributed by atoms with E-state index in [-0.39, 0.29) is 23.8 Å². The van der Waals surface area contributed by atoms with Crippen LogP contribution in [0.15, 0.2) is 66.9 Å². The molecule has 3 rings (SSSR count). The highest BCUT2D eigenvalue weighted by Gasteiger charge is 2.21. The molecule has 2 aromatic carbocycles. The Morgan fingerprint density at radius 1 is 1.03 bits per heavy atom. The van der Waals surface area contributed by atoms with Crippen LogP contribution >= 0.6 is 11.6 Å². The largest absolute Gasteiger partial charge is 0.465 e. The molecule has 3 aromatic rings. The van der Waals surface area contributed by atoms with Crippen LogP contribution in [0.25, 0.3) is 0 Å². The van der Waals surface area contributed by atoms with E-state index in [1.165, 1.54) is 42.5 Å². The second kappa shape index (κ2) is 12.2. The van der Waals surface area contributed by atoms with Crippen molar-refractivity contribution in [1.29, 1.82) is 0 Å². The Bertz CT molecular complexity index is 1090. The summed E-state index contributed by atoms with van der Waals surface area (Å²) in [5.41, 5.74) is 0.947. The van der Waals surface area contributed by atoms with Crippen LogP contribution in [0.2, 0.25) is 5.02 Å². The minimum atomic E-state index is -0.749. The van der Waals surface area contributed by atoms with Crippen LogP contribution in [0, 0.1) is 10.1 Å². The van der Waals surface area contributed by atoms with Crippen molar-refractivity contribution in [2.24, 2.45) is 0 Å². The van der Waals surface area contributed by atoms with Gasteiger partial charge in [-0.15, -0.1) is 0 Å². The minimum Gasteiger partial charge on any atom is -0.465 e.